The summed E-state index contributed by atoms with van der Waals surface area (Å²) in [7, 11) is 3.05. The number of ether oxygens (including phenoxy) is 1. The molecule has 1 aromatic carbocycles. The standard InChI is InChI=1S/C12H12FNO3/c1-6-11(12(15)16)7-4-10(17-3)8(13)5-9(7)14(6)2/h4-5H,1-3H3,(H,15,16). The molecule has 0 saturated heterocycles. The van der Waals surface area contributed by atoms with Gasteiger partial charge in [0.25, 0.3) is 0 Å². The van der Waals surface area contributed by atoms with Gasteiger partial charge in [-0.1, -0.05) is 0 Å². The van der Waals surface area contributed by atoms with Gasteiger partial charge in [-0.05, 0) is 13.0 Å². The van der Waals surface area contributed by atoms with Gasteiger partial charge in [0.1, 0.15) is 0 Å². The van der Waals surface area contributed by atoms with E-state index in [1.165, 1.54) is 19.2 Å². The second kappa shape index (κ2) is 3.76. The molecule has 1 aromatic heterocycles. The molecule has 17 heavy (non-hydrogen) atoms. The molecule has 2 rings (SSSR count). The Morgan fingerprint density at radius 1 is 1.47 bits per heavy atom. The van der Waals surface area contributed by atoms with Crippen molar-refractivity contribution in [2.24, 2.45) is 7.05 Å². The molecular formula is C12H12FNO3. The molecule has 0 aliphatic heterocycles. The summed E-state index contributed by atoms with van der Waals surface area (Å²) in [5.74, 6) is -1.48. The topological polar surface area (TPSA) is 51.5 Å². The van der Waals surface area contributed by atoms with Crippen molar-refractivity contribution in [2.75, 3.05) is 7.11 Å². The van der Waals surface area contributed by atoms with E-state index in [1.54, 1.807) is 18.5 Å². The number of carboxylic acids is 1. The van der Waals surface area contributed by atoms with Gasteiger partial charge in [-0.15, -0.1) is 0 Å². The van der Waals surface area contributed by atoms with Crippen molar-refractivity contribution >= 4 is 16.9 Å². The summed E-state index contributed by atoms with van der Waals surface area (Å²) in [5.41, 5.74) is 1.30. The first-order valence-electron chi connectivity index (χ1n) is 5.03. The van der Waals surface area contributed by atoms with Crippen LogP contribution in [0.3, 0.4) is 0 Å². The summed E-state index contributed by atoms with van der Waals surface area (Å²) < 4.78 is 20.1. The Morgan fingerprint density at radius 2 is 2.12 bits per heavy atom. The normalized spacial score (nSPS) is 10.8. The van der Waals surface area contributed by atoms with E-state index in [9.17, 15) is 9.18 Å². The molecule has 0 saturated carbocycles. The Kier molecular flexibility index (Phi) is 2.53. The summed E-state index contributed by atoms with van der Waals surface area (Å²) in [6.45, 7) is 1.69. The largest absolute Gasteiger partial charge is 0.494 e. The summed E-state index contributed by atoms with van der Waals surface area (Å²) in [4.78, 5) is 11.2. The van der Waals surface area contributed by atoms with Crippen LogP contribution in [0.5, 0.6) is 5.75 Å². The Labute approximate surface area is 97.2 Å². The monoisotopic (exact) mass is 237 g/mol. The van der Waals surface area contributed by atoms with Crippen molar-refractivity contribution in [3.05, 3.63) is 29.2 Å². The molecule has 2 aromatic rings. The van der Waals surface area contributed by atoms with Crippen LogP contribution in [0.25, 0.3) is 10.9 Å². The average Bonchev–Trinajstić information content (AvgIpc) is 2.51. The fourth-order valence-electron chi connectivity index (χ4n) is 1.99. The first-order valence-corrected chi connectivity index (χ1v) is 5.03. The zero-order valence-corrected chi connectivity index (χ0v) is 9.74. The summed E-state index contributed by atoms with van der Waals surface area (Å²) >= 11 is 0. The Balaban J connectivity index is 2.91. The molecule has 0 bridgehead atoms. The zero-order chi connectivity index (χ0) is 12.7. The molecule has 4 nitrogen and oxygen atoms in total. The molecule has 90 valence electrons. The van der Waals surface area contributed by atoms with Gasteiger partial charge in [-0.3, -0.25) is 0 Å². The maximum atomic E-state index is 13.6. The summed E-state index contributed by atoms with van der Waals surface area (Å²) in [6, 6.07) is 2.70. The highest BCUT2D eigenvalue weighted by Crippen LogP contribution is 2.30. The maximum absolute atomic E-state index is 13.6. The van der Waals surface area contributed by atoms with Gasteiger partial charge in [0.15, 0.2) is 11.6 Å². The second-order valence-electron chi connectivity index (χ2n) is 3.83. The second-order valence-corrected chi connectivity index (χ2v) is 3.83. The SMILES string of the molecule is COc1cc2c(C(=O)O)c(C)n(C)c2cc1F. The first-order chi connectivity index (χ1) is 7.97. The Bertz CT molecular complexity index is 616. The van der Waals surface area contributed by atoms with Crippen molar-refractivity contribution in [3.8, 4) is 5.75 Å². The third kappa shape index (κ3) is 1.54. The van der Waals surface area contributed by atoms with E-state index in [0.29, 0.717) is 16.6 Å². The van der Waals surface area contributed by atoms with Crippen LogP contribution < -0.4 is 4.74 Å². The molecule has 0 aliphatic carbocycles. The van der Waals surface area contributed by atoms with Gasteiger partial charge in [0.05, 0.1) is 18.2 Å². The van der Waals surface area contributed by atoms with Crippen molar-refractivity contribution in [3.63, 3.8) is 0 Å². The van der Waals surface area contributed by atoms with E-state index >= 15 is 0 Å². The number of aryl methyl sites for hydroxylation is 1. The van der Waals surface area contributed by atoms with Crippen LogP contribution in [0, 0.1) is 12.7 Å². The molecule has 0 unspecified atom stereocenters. The number of rotatable bonds is 2. The number of aromatic nitrogens is 1. The molecule has 0 fully saturated rings. The number of carbonyl (C=O) groups is 1. The van der Waals surface area contributed by atoms with Crippen molar-refractivity contribution in [1.82, 2.24) is 4.57 Å². The van der Waals surface area contributed by atoms with E-state index in [1.807, 2.05) is 0 Å². The Hall–Kier alpha value is -2.04. The van der Waals surface area contributed by atoms with Gasteiger partial charge in [-0.2, -0.15) is 0 Å². The maximum Gasteiger partial charge on any atom is 0.338 e. The number of hydrogen-bond donors (Lipinski definition) is 1. The van der Waals surface area contributed by atoms with Crippen LogP contribution in [0.4, 0.5) is 4.39 Å². The van der Waals surface area contributed by atoms with Crippen LogP contribution in [0.15, 0.2) is 12.1 Å². The minimum absolute atomic E-state index is 0.0469. The van der Waals surface area contributed by atoms with Crippen LogP contribution in [-0.2, 0) is 7.05 Å². The predicted octanol–water partition coefficient (Wildman–Crippen LogP) is 2.33. The van der Waals surface area contributed by atoms with E-state index in [-0.39, 0.29) is 11.3 Å². The third-order valence-corrected chi connectivity index (χ3v) is 2.98. The fourth-order valence-corrected chi connectivity index (χ4v) is 1.99. The first kappa shape index (κ1) is 11.4. The smallest absolute Gasteiger partial charge is 0.338 e. The number of hydrogen-bond acceptors (Lipinski definition) is 2. The average molecular weight is 237 g/mol. The van der Waals surface area contributed by atoms with Crippen LogP contribution >= 0.6 is 0 Å². The van der Waals surface area contributed by atoms with Gasteiger partial charge >= 0.3 is 5.97 Å². The molecule has 0 amide bonds. The van der Waals surface area contributed by atoms with E-state index < -0.39 is 11.8 Å². The third-order valence-electron chi connectivity index (χ3n) is 2.98. The highest BCUT2D eigenvalue weighted by molar-refractivity contribution is 6.05. The lowest BCUT2D eigenvalue weighted by Gasteiger charge is -2.03. The fraction of sp³-hybridized carbons (Fsp3) is 0.250. The van der Waals surface area contributed by atoms with Crippen molar-refractivity contribution < 1.29 is 19.0 Å². The van der Waals surface area contributed by atoms with E-state index in [4.69, 9.17) is 9.84 Å². The minimum Gasteiger partial charge on any atom is -0.494 e. The zero-order valence-electron chi connectivity index (χ0n) is 9.74. The Morgan fingerprint density at radius 3 is 2.65 bits per heavy atom. The number of fused-ring (bicyclic) bond motifs is 1. The molecule has 0 spiro atoms. The summed E-state index contributed by atoms with van der Waals surface area (Å²) in [6.07, 6.45) is 0. The lowest BCUT2D eigenvalue weighted by molar-refractivity contribution is 0.0698. The highest BCUT2D eigenvalue weighted by atomic mass is 19.1. The van der Waals surface area contributed by atoms with Gasteiger partial charge in [0.2, 0.25) is 0 Å². The van der Waals surface area contributed by atoms with Crippen LogP contribution in [0.1, 0.15) is 16.1 Å². The molecule has 5 heteroatoms. The molecule has 0 aliphatic rings. The van der Waals surface area contributed by atoms with Gasteiger partial charge < -0.3 is 14.4 Å². The number of halogens is 1. The van der Waals surface area contributed by atoms with Crippen molar-refractivity contribution in [1.29, 1.82) is 0 Å². The number of aromatic carboxylic acids is 1. The minimum atomic E-state index is -1.03. The molecular weight excluding hydrogens is 225 g/mol. The van der Waals surface area contributed by atoms with E-state index in [2.05, 4.69) is 0 Å². The highest BCUT2D eigenvalue weighted by Gasteiger charge is 2.19. The predicted molar refractivity (Wildman–Crippen MR) is 61.1 cm³/mol. The van der Waals surface area contributed by atoms with Gasteiger partial charge in [-0.25, -0.2) is 9.18 Å². The van der Waals surface area contributed by atoms with Gasteiger partial charge in [0, 0.05) is 24.2 Å². The van der Waals surface area contributed by atoms with Crippen molar-refractivity contribution in [2.45, 2.75) is 6.92 Å². The lowest BCUT2D eigenvalue weighted by atomic mass is 10.1. The quantitative estimate of drug-likeness (QED) is 0.872. The summed E-state index contributed by atoms with van der Waals surface area (Å²) in [5, 5.41) is 9.64. The van der Waals surface area contributed by atoms with Crippen LogP contribution in [-0.4, -0.2) is 22.8 Å². The molecule has 0 radical (unpaired) electrons. The number of nitrogens with zero attached hydrogens (tertiary/aromatic N) is 1. The number of carboxylic acid groups (broad SMARTS) is 1. The molecule has 1 N–H and O–H groups in total. The molecule has 0 atom stereocenters. The molecule has 1 heterocycles. The van der Waals surface area contributed by atoms with Crippen LogP contribution in [0.2, 0.25) is 0 Å². The number of methoxy groups -OCH3 is 1. The number of benzene rings is 1. The lowest BCUT2D eigenvalue weighted by Crippen LogP contribution is -1.99. The van der Waals surface area contributed by atoms with E-state index in [0.717, 1.165) is 0 Å².